The van der Waals surface area contributed by atoms with Crippen molar-refractivity contribution >= 4 is 11.8 Å². The van der Waals surface area contributed by atoms with Crippen LogP contribution in [0.1, 0.15) is 42.7 Å². The second-order valence-electron chi connectivity index (χ2n) is 6.36. The van der Waals surface area contributed by atoms with Gasteiger partial charge in [0.1, 0.15) is 5.82 Å². The lowest BCUT2D eigenvalue weighted by Gasteiger charge is -2.38. The minimum atomic E-state index is -0.902. The van der Waals surface area contributed by atoms with Gasteiger partial charge in [0.15, 0.2) is 0 Å². The van der Waals surface area contributed by atoms with Gasteiger partial charge in [0, 0.05) is 12.2 Å². The normalized spacial score (nSPS) is 18.4. The highest BCUT2D eigenvalue weighted by molar-refractivity contribution is 5.88. The molecule has 1 aliphatic heterocycles. The molecule has 1 saturated heterocycles. The van der Waals surface area contributed by atoms with Crippen molar-refractivity contribution in [2.45, 2.75) is 33.1 Å². The summed E-state index contributed by atoms with van der Waals surface area (Å²) >= 11 is 0. The number of piperidine rings is 1. The van der Waals surface area contributed by atoms with Gasteiger partial charge in [0.25, 0.3) is 0 Å². The lowest BCUT2D eigenvalue weighted by Crippen LogP contribution is -2.40. The van der Waals surface area contributed by atoms with Crippen LogP contribution in [0, 0.1) is 5.41 Å². The first-order valence-electron chi connectivity index (χ1n) is 7.58. The molecule has 2 heterocycles. The first-order chi connectivity index (χ1) is 9.92. The Kier molecular flexibility index (Phi) is 4.83. The van der Waals surface area contributed by atoms with Crippen LogP contribution in [0.15, 0.2) is 12.1 Å². The maximum atomic E-state index is 11.2. The fourth-order valence-electron chi connectivity index (χ4n) is 2.62. The van der Waals surface area contributed by atoms with Crippen LogP contribution in [-0.4, -0.2) is 47.6 Å². The minimum Gasteiger partial charge on any atom is -0.478 e. The van der Waals surface area contributed by atoms with Gasteiger partial charge in [0.2, 0.25) is 0 Å². The summed E-state index contributed by atoms with van der Waals surface area (Å²) in [5.74, 6) is -0.229. The summed E-state index contributed by atoms with van der Waals surface area (Å²) in [4.78, 5) is 18.0. The number of aryl methyl sites for hydroxylation is 1. The molecule has 1 aromatic rings. The van der Waals surface area contributed by atoms with E-state index in [-0.39, 0.29) is 5.41 Å². The van der Waals surface area contributed by atoms with Crippen molar-refractivity contribution < 1.29 is 9.90 Å². The molecule has 5 heteroatoms. The van der Waals surface area contributed by atoms with Gasteiger partial charge in [0.05, 0.1) is 5.56 Å². The fourth-order valence-corrected chi connectivity index (χ4v) is 2.62. The van der Waals surface area contributed by atoms with Crippen molar-refractivity contribution in [3.05, 3.63) is 23.4 Å². The first kappa shape index (κ1) is 15.8. The fraction of sp³-hybridized carbons (Fsp3) is 0.625. The maximum Gasteiger partial charge on any atom is 0.335 e. The molecule has 116 valence electrons. The standard InChI is InChI=1S/C16H25N3O2/c1-4-13-9-12(15(20)21)10-14(18-13)17-11-16(2)5-7-19(3)8-6-16/h9-10H,4-8,11H2,1-3H3,(H,17,18)(H,20,21). The molecule has 21 heavy (non-hydrogen) atoms. The number of carboxylic acid groups (broad SMARTS) is 1. The van der Waals surface area contributed by atoms with Crippen molar-refractivity contribution in [1.29, 1.82) is 0 Å². The average Bonchev–Trinajstić information content (AvgIpc) is 2.48. The molecule has 0 bridgehead atoms. The number of nitrogens with one attached hydrogen (secondary N) is 1. The summed E-state index contributed by atoms with van der Waals surface area (Å²) in [6, 6.07) is 3.27. The zero-order chi connectivity index (χ0) is 15.5. The van der Waals surface area contributed by atoms with Crippen LogP contribution < -0.4 is 5.32 Å². The third-order valence-corrected chi connectivity index (χ3v) is 4.38. The smallest absolute Gasteiger partial charge is 0.335 e. The number of likely N-dealkylation sites (tertiary alicyclic amines) is 1. The van der Waals surface area contributed by atoms with Gasteiger partial charge < -0.3 is 15.3 Å². The summed E-state index contributed by atoms with van der Waals surface area (Å²) in [6.45, 7) is 7.33. The summed E-state index contributed by atoms with van der Waals surface area (Å²) in [5, 5.41) is 12.5. The number of hydrogen-bond acceptors (Lipinski definition) is 4. The minimum absolute atomic E-state index is 0.250. The van der Waals surface area contributed by atoms with Gasteiger partial charge >= 0.3 is 5.97 Å². The van der Waals surface area contributed by atoms with Crippen LogP contribution in [0.3, 0.4) is 0 Å². The van der Waals surface area contributed by atoms with E-state index >= 15 is 0 Å². The molecule has 1 aliphatic rings. The number of carboxylic acids is 1. The Hall–Kier alpha value is -1.62. The highest BCUT2D eigenvalue weighted by atomic mass is 16.4. The van der Waals surface area contributed by atoms with Crippen LogP contribution in [0.2, 0.25) is 0 Å². The molecule has 0 amide bonds. The summed E-state index contributed by atoms with van der Waals surface area (Å²) in [5.41, 5.74) is 1.36. The number of rotatable bonds is 5. The Labute approximate surface area is 126 Å². The molecule has 0 unspecified atom stereocenters. The van der Waals surface area contributed by atoms with E-state index in [0.29, 0.717) is 11.4 Å². The van der Waals surface area contributed by atoms with Gasteiger partial charge in [-0.2, -0.15) is 0 Å². The molecule has 0 spiro atoms. The van der Waals surface area contributed by atoms with Crippen molar-refractivity contribution in [3.8, 4) is 0 Å². The number of aromatic nitrogens is 1. The zero-order valence-electron chi connectivity index (χ0n) is 13.1. The van der Waals surface area contributed by atoms with Crippen molar-refractivity contribution in [2.24, 2.45) is 5.41 Å². The molecule has 0 aromatic carbocycles. The van der Waals surface area contributed by atoms with E-state index in [1.165, 1.54) is 0 Å². The predicted molar refractivity (Wildman–Crippen MR) is 83.9 cm³/mol. The van der Waals surface area contributed by atoms with Gasteiger partial charge in [-0.3, -0.25) is 0 Å². The molecule has 5 nitrogen and oxygen atoms in total. The SMILES string of the molecule is CCc1cc(C(=O)O)cc(NCC2(C)CCN(C)CC2)n1. The number of carbonyl (C=O) groups is 1. The van der Waals surface area contributed by atoms with E-state index in [2.05, 4.69) is 29.2 Å². The molecule has 0 saturated carbocycles. The number of aromatic carboxylic acids is 1. The monoisotopic (exact) mass is 291 g/mol. The number of pyridine rings is 1. The number of anilines is 1. The second-order valence-corrected chi connectivity index (χ2v) is 6.36. The average molecular weight is 291 g/mol. The Balaban J connectivity index is 2.05. The van der Waals surface area contributed by atoms with E-state index in [0.717, 1.165) is 44.6 Å². The Bertz CT molecular complexity index is 508. The van der Waals surface area contributed by atoms with Crippen LogP contribution in [0.4, 0.5) is 5.82 Å². The summed E-state index contributed by atoms with van der Waals surface area (Å²) in [7, 11) is 2.15. The van der Waals surface area contributed by atoms with Gasteiger partial charge in [-0.15, -0.1) is 0 Å². The van der Waals surface area contributed by atoms with Crippen molar-refractivity contribution in [1.82, 2.24) is 9.88 Å². The van der Waals surface area contributed by atoms with E-state index in [9.17, 15) is 4.79 Å². The molecular formula is C16H25N3O2. The third kappa shape index (κ3) is 4.17. The van der Waals surface area contributed by atoms with Crippen LogP contribution in [0.25, 0.3) is 0 Å². The quantitative estimate of drug-likeness (QED) is 0.872. The number of hydrogen-bond donors (Lipinski definition) is 2. The van der Waals surface area contributed by atoms with E-state index < -0.39 is 5.97 Å². The Morgan fingerprint density at radius 3 is 2.67 bits per heavy atom. The maximum absolute atomic E-state index is 11.2. The largest absolute Gasteiger partial charge is 0.478 e. The summed E-state index contributed by atoms with van der Waals surface area (Å²) in [6.07, 6.45) is 3.03. The molecule has 2 N–H and O–H groups in total. The van der Waals surface area contributed by atoms with Crippen molar-refractivity contribution in [2.75, 3.05) is 32.0 Å². The molecule has 0 radical (unpaired) electrons. The zero-order valence-corrected chi connectivity index (χ0v) is 13.1. The number of nitrogens with zero attached hydrogens (tertiary/aromatic N) is 2. The highest BCUT2D eigenvalue weighted by Crippen LogP contribution is 2.30. The second kappa shape index (κ2) is 6.43. The van der Waals surface area contributed by atoms with Crippen LogP contribution in [-0.2, 0) is 6.42 Å². The lowest BCUT2D eigenvalue weighted by atomic mass is 9.80. The Morgan fingerprint density at radius 2 is 2.10 bits per heavy atom. The molecule has 1 fully saturated rings. The van der Waals surface area contributed by atoms with Crippen LogP contribution in [0.5, 0.6) is 0 Å². The highest BCUT2D eigenvalue weighted by Gasteiger charge is 2.28. The predicted octanol–water partition coefficient (Wildman–Crippen LogP) is 2.49. The lowest BCUT2D eigenvalue weighted by molar-refractivity contribution is 0.0696. The Morgan fingerprint density at radius 1 is 1.43 bits per heavy atom. The van der Waals surface area contributed by atoms with Gasteiger partial charge in [-0.05, 0) is 56.9 Å². The topological polar surface area (TPSA) is 65.5 Å². The molecule has 1 aromatic heterocycles. The van der Waals surface area contributed by atoms with Gasteiger partial charge in [-0.1, -0.05) is 13.8 Å². The third-order valence-electron chi connectivity index (χ3n) is 4.38. The van der Waals surface area contributed by atoms with E-state index in [1.54, 1.807) is 12.1 Å². The molecule has 0 atom stereocenters. The van der Waals surface area contributed by atoms with E-state index in [1.807, 2.05) is 6.92 Å². The molecular weight excluding hydrogens is 266 g/mol. The summed E-state index contributed by atoms with van der Waals surface area (Å²) < 4.78 is 0. The van der Waals surface area contributed by atoms with Crippen molar-refractivity contribution in [3.63, 3.8) is 0 Å². The molecule has 2 rings (SSSR count). The van der Waals surface area contributed by atoms with Gasteiger partial charge in [-0.25, -0.2) is 9.78 Å². The van der Waals surface area contributed by atoms with Crippen LogP contribution >= 0.6 is 0 Å². The first-order valence-corrected chi connectivity index (χ1v) is 7.58. The molecule has 0 aliphatic carbocycles. The van der Waals surface area contributed by atoms with E-state index in [4.69, 9.17) is 5.11 Å².